The molecule has 0 aromatic carbocycles. The molecule has 6 atom stereocenters. The number of carbonyl (C=O) groups excluding carboxylic acids is 4. The van der Waals surface area contributed by atoms with Gasteiger partial charge in [-0.15, -0.1) is 0 Å². The molecule has 0 rings (SSSR count). The van der Waals surface area contributed by atoms with Crippen LogP contribution in [0, 0.1) is 17.8 Å². The third-order valence-electron chi connectivity index (χ3n) is 16.5. The summed E-state index contributed by atoms with van der Waals surface area (Å²) in [5, 5.41) is 10.6. The third kappa shape index (κ3) is 63.2. The Morgan fingerprint density at radius 1 is 0.326 bits per heavy atom. The van der Waals surface area contributed by atoms with Crippen LogP contribution in [0.25, 0.3) is 0 Å². The van der Waals surface area contributed by atoms with Gasteiger partial charge in [0.05, 0.1) is 26.4 Å². The fraction of sp³-hybridized carbons (Fsp3) is 0.943. The molecule has 3 unspecified atom stereocenters. The van der Waals surface area contributed by atoms with E-state index in [1.165, 1.54) is 154 Å². The average molecular weight is 1310 g/mol. The van der Waals surface area contributed by atoms with E-state index in [1.54, 1.807) is 0 Å². The Morgan fingerprint density at radius 2 is 0.573 bits per heavy atom. The molecule has 0 aliphatic heterocycles. The highest BCUT2D eigenvalue weighted by molar-refractivity contribution is 7.47. The van der Waals surface area contributed by atoms with Crippen LogP contribution in [0.4, 0.5) is 0 Å². The zero-order valence-corrected chi connectivity index (χ0v) is 59.7. The van der Waals surface area contributed by atoms with Gasteiger partial charge < -0.3 is 33.8 Å². The number of aliphatic hydroxyl groups is 1. The molecule has 0 amide bonds. The van der Waals surface area contributed by atoms with E-state index >= 15 is 0 Å². The Bertz CT molecular complexity index is 1750. The van der Waals surface area contributed by atoms with Gasteiger partial charge in [0.2, 0.25) is 0 Å². The summed E-state index contributed by atoms with van der Waals surface area (Å²) in [4.78, 5) is 72.4. The maximum Gasteiger partial charge on any atom is 0.472 e. The molecule has 0 saturated carbocycles. The van der Waals surface area contributed by atoms with Crippen LogP contribution < -0.4 is 0 Å². The van der Waals surface area contributed by atoms with Crippen LogP contribution in [-0.2, 0) is 65.4 Å². The molecule has 0 saturated heterocycles. The Hall–Kier alpha value is -1.94. The van der Waals surface area contributed by atoms with Gasteiger partial charge in [0.25, 0.3) is 0 Å². The second-order valence-electron chi connectivity index (χ2n) is 26.5. The summed E-state index contributed by atoms with van der Waals surface area (Å²) >= 11 is 0. The van der Waals surface area contributed by atoms with Crippen molar-refractivity contribution < 1.29 is 80.2 Å². The number of aliphatic hydroxyl groups excluding tert-OH is 1. The minimum absolute atomic E-state index is 0.103. The van der Waals surface area contributed by atoms with Crippen LogP contribution in [-0.4, -0.2) is 96.7 Å². The fourth-order valence-electron chi connectivity index (χ4n) is 10.5. The maximum atomic E-state index is 13.0. The summed E-state index contributed by atoms with van der Waals surface area (Å²) in [5.74, 6) is 0.141. The predicted molar refractivity (Wildman–Crippen MR) is 358 cm³/mol. The van der Waals surface area contributed by atoms with E-state index in [-0.39, 0.29) is 25.7 Å². The molecule has 89 heavy (non-hydrogen) atoms. The first-order chi connectivity index (χ1) is 42.8. The Labute approximate surface area is 543 Å². The zero-order chi connectivity index (χ0) is 65.9. The van der Waals surface area contributed by atoms with Gasteiger partial charge in [-0.25, -0.2) is 9.13 Å². The molecule has 0 heterocycles. The molecule has 3 N–H and O–H groups in total. The van der Waals surface area contributed by atoms with Crippen LogP contribution in [0.2, 0.25) is 0 Å². The van der Waals surface area contributed by atoms with E-state index < -0.39 is 97.5 Å². The Balaban J connectivity index is 5.19. The van der Waals surface area contributed by atoms with Crippen molar-refractivity contribution in [3.63, 3.8) is 0 Å². The summed E-state index contributed by atoms with van der Waals surface area (Å²) in [6, 6.07) is 0. The van der Waals surface area contributed by atoms with Crippen molar-refractivity contribution in [2.24, 2.45) is 17.8 Å². The van der Waals surface area contributed by atoms with Crippen molar-refractivity contribution in [2.75, 3.05) is 39.6 Å². The normalized spacial score (nSPS) is 14.5. The van der Waals surface area contributed by atoms with E-state index in [2.05, 4.69) is 48.5 Å². The van der Waals surface area contributed by atoms with Crippen LogP contribution >= 0.6 is 15.6 Å². The van der Waals surface area contributed by atoms with Crippen molar-refractivity contribution in [3.05, 3.63) is 0 Å². The van der Waals surface area contributed by atoms with Crippen LogP contribution in [0.1, 0.15) is 350 Å². The van der Waals surface area contributed by atoms with Crippen molar-refractivity contribution in [1.82, 2.24) is 0 Å². The first-order valence-corrected chi connectivity index (χ1v) is 39.4. The number of hydrogen-bond donors (Lipinski definition) is 3. The first kappa shape index (κ1) is 87.1. The highest BCUT2D eigenvalue weighted by atomic mass is 31.2. The average Bonchev–Trinajstić information content (AvgIpc) is 3.68. The minimum atomic E-state index is -4.95. The van der Waals surface area contributed by atoms with Gasteiger partial charge in [-0.1, -0.05) is 299 Å². The minimum Gasteiger partial charge on any atom is -0.462 e. The molecule has 17 nitrogen and oxygen atoms in total. The molecule has 0 aliphatic rings. The molecule has 0 fully saturated rings. The SMILES string of the molecule is CCCCCCCCCCC(=O)OC[C@H](COP(=O)(O)OC[C@H](O)COP(=O)(O)OC[C@@H](COC(=O)CCCCCCCCCCCC(C)C)OC(=O)CCCCCCCCCCCCCCCCCCC(C)C)OC(=O)CCCCCCCCC(C)CC. The van der Waals surface area contributed by atoms with Gasteiger partial charge in [0, 0.05) is 25.7 Å². The highest BCUT2D eigenvalue weighted by Crippen LogP contribution is 2.45. The van der Waals surface area contributed by atoms with Crippen LogP contribution in [0.3, 0.4) is 0 Å². The lowest BCUT2D eigenvalue weighted by Gasteiger charge is -2.21. The number of phosphoric acid groups is 2. The van der Waals surface area contributed by atoms with Gasteiger partial charge in [-0.2, -0.15) is 0 Å². The lowest BCUT2D eigenvalue weighted by atomic mass is 10.00. The van der Waals surface area contributed by atoms with Crippen molar-refractivity contribution >= 4 is 39.5 Å². The standard InChI is InChI=1S/C70H136O17P2/c1-8-10-11-12-13-29-37-44-51-67(72)80-58-66(87-70(75)54-47-40-33-32-36-43-50-63(7)9-2)60-85-89(78,79)83-56-64(71)55-82-88(76,77)84-59-65(57-81-68(73)52-45-38-30-26-22-24-28-35-42-49-62(5)6)86-69(74)53-46-39-31-25-21-19-17-15-14-16-18-20-23-27-34-41-48-61(3)4/h61-66,71H,8-60H2,1-7H3,(H,76,77)(H,78,79)/t63?,64-,65-,66-/m1/s1. The molecule has 0 aliphatic carbocycles. The summed E-state index contributed by atoms with van der Waals surface area (Å²) in [6.45, 7) is 11.8. The molecule has 0 spiro atoms. The molecule has 0 aromatic rings. The topological polar surface area (TPSA) is 237 Å². The number of phosphoric ester groups is 2. The number of carbonyl (C=O) groups is 4. The summed E-state index contributed by atoms with van der Waals surface area (Å²) in [6.07, 6.45) is 44.6. The second-order valence-corrected chi connectivity index (χ2v) is 29.4. The highest BCUT2D eigenvalue weighted by Gasteiger charge is 2.30. The predicted octanol–water partition coefficient (Wildman–Crippen LogP) is 19.8. The van der Waals surface area contributed by atoms with Gasteiger partial charge in [-0.05, 0) is 43.4 Å². The van der Waals surface area contributed by atoms with E-state index in [0.717, 1.165) is 114 Å². The van der Waals surface area contributed by atoms with E-state index in [0.29, 0.717) is 25.7 Å². The molecular weight excluding hydrogens is 1170 g/mol. The van der Waals surface area contributed by atoms with E-state index in [4.69, 9.17) is 37.0 Å². The van der Waals surface area contributed by atoms with E-state index in [1.807, 2.05) is 0 Å². The molecule has 0 bridgehead atoms. The van der Waals surface area contributed by atoms with Gasteiger partial charge in [-0.3, -0.25) is 37.3 Å². The smallest absolute Gasteiger partial charge is 0.462 e. The zero-order valence-electron chi connectivity index (χ0n) is 57.9. The molecule has 0 aromatic heterocycles. The summed E-state index contributed by atoms with van der Waals surface area (Å²) < 4.78 is 68.2. The van der Waals surface area contributed by atoms with Gasteiger partial charge in [0.1, 0.15) is 19.3 Å². The maximum absolute atomic E-state index is 13.0. The van der Waals surface area contributed by atoms with Gasteiger partial charge in [0.15, 0.2) is 12.2 Å². The number of ether oxygens (including phenoxy) is 4. The van der Waals surface area contributed by atoms with Crippen molar-refractivity contribution in [1.29, 1.82) is 0 Å². The largest absolute Gasteiger partial charge is 0.472 e. The number of hydrogen-bond acceptors (Lipinski definition) is 15. The van der Waals surface area contributed by atoms with Crippen LogP contribution in [0.5, 0.6) is 0 Å². The lowest BCUT2D eigenvalue weighted by Crippen LogP contribution is -2.30. The Morgan fingerprint density at radius 3 is 0.854 bits per heavy atom. The molecule has 0 radical (unpaired) electrons. The molecular formula is C70H136O17P2. The first-order valence-electron chi connectivity index (χ1n) is 36.4. The summed E-state index contributed by atoms with van der Waals surface area (Å²) in [7, 11) is -9.90. The lowest BCUT2D eigenvalue weighted by molar-refractivity contribution is -0.161. The number of esters is 4. The second kappa shape index (κ2) is 61.0. The quantitative estimate of drug-likeness (QED) is 0.0222. The third-order valence-corrected chi connectivity index (χ3v) is 18.4. The molecule has 528 valence electrons. The van der Waals surface area contributed by atoms with E-state index in [9.17, 15) is 43.2 Å². The van der Waals surface area contributed by atoms with Gasteiger partial charge >= 0.3 is 39.5 Å². The van der Waals surface area contributed by atoms with Crippen molar-refractivity contribution in [3.8, 4) is 0 Å². The number of rotatable bonds is 68. The summed E-state index contributed by atoms with van der Waals surface area (Å²) in [5.41, 5.74) is 0. The fourth-order valence-corrected chi connectivity index (χ4v) is 12.1. The monoisotopic (exact) mass is 1310 g/mol. The molecule has 19 heteroatoms. The number of unbranched alkanes of at least 4 members (excludes halogenated alkanes) is 35. The van der Waals surface area contributed by atoms with Crippen LogP contribution in [0.15, 0.2) is 0 Å². The van der Waals surface area contributed by atoms with Crippen molar-refractivity contribution in [2.45, 2.75) is 369 Å². The Kier molecular flexibility index (Phi) is 59.6.